The summed E-state index contributed by atoms with van der Waals surface area (Å²) in [5.74, 6) is 0. The van der Waals surface area contributed by atoms with Crippen LogP contribution in [0.5, 0.6) is 0 Å². The normalized spacial score (nSPS) is 12.5. The van der Waals surface area contributed by atoms with Crippen molar-refractivity contribution in [2.24, 2.45) is 0 Å². The Balaban J connectivity index is 0.000000312. The van der Waals surface area contributed by atoms with Crippen LogP contribution in [-0.4, -0.2) is 27.4 Å². The first-order valence-electron chi connectivity index (χ1n) is 7.75. The third kappa shape index (κ3) is 6.50. The van der Waals surface area contributed by atoms with Crippen LogP contribution in [0, 0.1) is 6.07 Å². The number of aromatic nitrogens is 1. The number of para-hydroxylation sites is 1. The Morgan fingerprint density at radius 1 is 0.917 bits per heavy atom. The van der Waals surface area contributed by atoms with Crippen molar-refractivity contribution in [1.82, 2.24) is 4.98 Å². The summed E-state index contributed by atoms with van der Waals surface area (Å²) in [4.78, 5) is 4.61. The van der Waals surface area contributed by atoms with Gasteiger partial charge in [-0.3, -0.25) is 4.98 Å². The van der Waals surface area contributed by atoms with Gasteiger partial charge >= 0.3 is 0 Å². The van der Waals surface area contributed by atoms with Crippen molar-refractivity contribution in [3.63, 3.8) is 0 Å². The van der Waals surface area contributed by atoms with Crippen molar-refractivity contribution in [1.29, 1.82) is 0 Å². The fourth-order valence-corrected chi connectivity index (χ4v) is 2.26. The average Bonchev–Trinajstić information content (AvgIpc) is 2.54. The van der Waals surface area contributed by atoms with Gasteiger partial charge in [-0.25, -0.2) is 0 Å². The maximum Gasteiger partial charge on any atom is 0.0595 e. The fraction of sp³-hybridized carbons (Fsp3) is 0.250. The molecule has 3 nitrogen and oxygen atoms in total. The molecule has 0 aliphatic rings. The van der Waals surface area contributed by atoms with Crippen molar-refractivity contribution in [2.75, 3.05) is 0 Å². The first-order valence-corrected chi connectivity index (χ1v) is 7.75. The number of fused-ring (bicyclic) bond motifs is 1. The first-order chi connectivity index (χ1) is 11.1. The third-order valence-corrected chi connectivity index (χ3v) is 3.27. The summed E-state index contributed by atoms with van der Waals surface area (Å²) in [5, 5.41) is 18.3. The minimum atomic E-state index is -0.375. The Morgan fingerprint density at radius 2 is 1.58 bits per heavy atom. The second-order valence-electron chi connectivity index (χ2n) is 5.60. The van der Waals surface area contributed by atoms with Crippen LogP contribution < -0.4 is 0 Å². The Labute approximate surface area is 156 Å². The van der Waals surface area contributed by atoms with Gasteiger partial charge < -0.3 is 10.2 Å². The van der Waals surface area contributed by atoms with Gasteiger partial charge in [-0.05, 0) is 37.4 Å². The first kappa shape index (κ1) is 20.5. The second kappa shape index (κ2) is 10.3. The third-order valence-electron chi connectivity index (χ3n) is 3.27. The predicted molar refractivity (Wildman–Crippen MR) is 94.0 cm³/mol. The van der Waals surface area contributed by atoms with Gasteiger partial charge in [0.05, 0.1) is 17.7 Å². The van der Waals surface area contributed by atoms with Gasteiger partial charge in [-0.15, -0.1) is 35.9 Å². The number of hydrogen-bond acceptors (Lipinski definition) is 3. The van der Waals surface area contributed by atoms with Crippen molar-refractivity contribution < 1.29 is 30.3 Å². The summed E-state index contributed by atoms with van der Waals surface area (Å²) < 4.78 is 0. The molecule has 1 heterocycles. The van der Waals surface area contributed by atoms with Crippen LogP contribution in [0.1, 0.15) is 20.3 Å². The topological polar surface area (TPSA) is 53.4 Å². The van der Waals surface area contributed by atoms with Crippen LogP contribution in [0.3, 0.4) is 0 Å². The Hall–Kier alpha value is -1.58. The zero-order chi connectivity index (χ0) is 16.7. The molecule has 0 saturated carbocycles. The molecule has 3 rings (SSSR count). The van der Waals surface area contributed by atoms with E-state index in [0.717, 1.165) is 16.8 Å². The molecule has 2 unspecified atom stereocenters. The minimum Gasteiger partial charge on any atom is -0.393 e. The van der Waals surface area contributed by atoms with Crippen LogP contribution in [0.15, 0.2) is 60.7 Å². The molecule has 0 aliphatic carbocycles. The van der Waals surface area contributed by atoms with E-state index in [1.807, 2.05) is 48.5 Å². The summed E-state index contributed by atoms with van der Waals surface area (Å²) in [6.07, 6.45) is -0.278. The van der Waals surface area contributed by atoms with E-state index in [2.05, 4.69) is 23.2 Å². The van der Waals surface area contributed by atoms with E-state index in [0.29, 0.717) is 6.42 Å². The molecule has 0 aliphatic heterocycles. The molecule has 1 radical (unpaired) electrons. The molecule has 24 heavy (non-hydrogen) atoms. The SMILES string of the molecule is CC(O)CC(C)O.[Ir].[c-]1ccccc1-c1ccc2ccccc2n1. The smallest absolute Gasteiger partial charge is 0.0595 e. The summed E-state index contributed by atoms with van der Waals surface area (Å²) >= 11 is 0. The Bertz CT molecular complexity index is 724. The number of nitrogens with zero attached hydrogens (tertiary/aromatic N) is 1. The van der Waals surface area contributed by atoms with E-state index >= 15 is 0 Å². The van der Waals surface area contributed by atoms with Gasteiger partial charge in [-0.1, -0.05) is 30.3 Å². The monoisotopic (exact) mass is 501 g/mol. The van der Waals surface area contributed by atoms with Gasteiger partial charge in [0.25, 0.3) is 0 Å². The molecule has 0 fully saturated rings. The Kier molecular flexibility index (Phi) is 8.80. The summed E-state index contributed by atoms with van der Waals surface area (Å²) in [6, 6.07) is 23.4. The van der Waals surface area contributed by atoms with Crippen LogP contribution in [0.2, 0.25) is 0 Å². The molecule has 0 saturated heterocycles. The largest absolute Gasteiger partial charge is 0.393 e. The molecular formula is C20H22IrNO2-. The fourth-order valence-electron chi connectivity index (χ4n) is 2.26. The van der Waals surface area contributed by atoms with Gasteiger partial charge in [0.15, 0.2) is 0 Å². The maximum atomic E-state index is 8.56. The van der Waals surface area contributed by atoms with E-state index in [4.69, 9.17) is 10.2 Å². The molecule has 0 spiro atoms. The van der Waals surface area contributed by atoms with Crippen LogP contribution in [0.25, 0.3) is 22.2 Å². The van der Waals surface area contributed by atoms with Crippen molar-refractivity contribution in [3.05, 3.63) is 66.7 Å². The van der Waals surface area contributed by atoms with E-state index in [-0.39, 0.29) is 32.3 Å². The van der Waals surface area contributed by atoms with Crippen molar-refractivity contribution in [2.45, 2.75) is 32.5 Å². The van der Waals surface area contributed by atoms with E-state index in [1.54, 1.807) is 13.8 Å². The van der Waals surface area contributed by atoms with E-state index < -0.39 is 0 Å². The van der Waals surface area contributed by atoms with Gasteiger partial charge in [0, 0.05) is 20.1 Å². The van der Waals surface area contributed by atoms with Crippen LogP contribution >= 0.6 is 0 Å². The number of hydrogen-bond donors (Lipinski definition) is 2. The second-order valence-corrected chi connectivity index (χ2v) is 5.60. The quantitative estimate of drug-likeness (QED) is 0.538. The van der Waals surface area contributed by atoms with Crippen molar-refractivity contribution in [3.8, 4) is 11.3 Å². The van der Waals surface area contributed by atoms with Gasteiger partial charge in [0.2, 0.25) is 0 Å². The zero-order valence-electron chi connectivity index (χ0n) is 13.8. The van der Waals surface area contributed by atoms with Crippen LogP contribution in [-0.2, 0) is 20.1 Å². The molecule has 2 N–H and O–H groups in total. The van der Waals surface area contributed by atoms with E-state index in [9.17, 15) is 0 Å². The number of rotatable bonds is 3. The number of aliphatic hydroxyl groups is 2. The average molecular weight is 501 g/mol. The standard InChI is InChI=1S/C15H10N.C5H12O2.Ir/c1-2-6-12(7-3-1)15-11-10-13-8-4-5-9-14(13)16-15;1-4(6)3-5(2)7;/h1-6,8-11H;4-7H,3H2,1-2H3;/q-1;;. The number of aliphatic hydroxyl groups excluding tert-OH is 2. The van der Waals surface area contributed by atoms with E-state index in [1.165, 1.54) is 5.39 Å². The molecule has 129 valence electrons. The molecular weight excluding hydrogens is 478 g/mol. The van der Waals surface area contributed by atoms with Crippen LogP contribution in [0.4, 0.5) is 0 Å². The summed E-state index contributed by atoms with van der Waals surface area (Å²) in [5.41, 5.74) is 3.03. The molecule has 1 aromatic heterocycles. The molecule has 2 aromatic carbocycles. The number of pyridine rings is 1. The molecule has 4 heteroatoms. The van der Waals surface area contributed by atoms with Gasteiger partial charge in [0.1, 0.15) is 0 Å². The molecule has 0 amide bonds. The minimum absolute atomic E-state index is 0. The van der Waals surface area contributed by atoms with Gasteiger partial charge in [-0.2, -0.15) is 0 Å². The van der Waals surface area contributed by atoms with Crippen molar-refractivity contribution >= 4 is 10.9 Å². The molecule has 2 atom stereocenters. The zero-order valence-corrected chi connectivity index (χ0v) is 16.2. The Morgan fingerprint density at radius 3 is 2.17 bits per heavy atom. The summed E-state index contributed by atoms with van der Waals surface area (Å²) in [7, 11) is 0. The molecule has 0 bridgehead atoms. The maximum absolute atomic E-state index is 8.56. The number of benzene rings is 2. The predicted octanol–water partition coefficient (Wildman–Crippen LogP) is 3.84. The molecule has 3 aromatic rings. The summed E-state index contributed by atoms with van der Waals surface area (Å²) in [6.45, 7) is 3.32.